The largest absolute Gasteiger partial charge is 0.245 e. The van der Waals surface area contributed by atoms with Crippen LogP contribution in [0.3, 0.4) is 0 Å². The molecule has 0 saturated heterocycles. The van der Waals surface area contributed by atoms with Gasteiger partial charge in [0.15, 0.2) is 0 Å². The minimum Gasteiger partial charge on any atom is -0.245 e. The lowest BCUT2D eigenvalue weighted by Gasteiger charge is -2.08. The Labute approximate surface area is 138 Å². The highest BCUT2D eigenvalue weighted by Crippen LogP contribution is 2.19. The second kappa shape index (κ2) is 7.68. The quantitative estimate of drug-likeness (QED) is 0.647. The highest BCUT2D eigenvalue weighted by Gasteiger charge is 2.01. The van der Waals surface area contributed by atoms with Crippen molar-refractivity contribution in [2.24, 2.45) is 5.10 Å². The summed E-state index contributed by atoms with van der Waals surface area (Å²) in [5.74, 6) is 1.07. The van der Waals surface area contributed by atoms with Crippen LogP contribution in [0.4, 0.5) is 5.95 Å². The van der Waals surface area contributed by atoms with Crippen molar-refractivity contribution >= 4 is 18.2 Å². The highest BCUT2D eigenvalue weighted by molar-refractivity contribution is 5.79. The molecular weight excluding hydrogens is 284 g/mol. The van der Waals surface area contributed by atoms with Crippen LogP contribution < -0.4 is 5.43 Å². The molecular formula is C19H24N4. The third-order valence-corrected chi connectivity index (χ3v) is 3.54. The Hall–Kier alpha value is -2.49. The van der Waals surface area contributed by atoms with Crippen LogP contribution in [0.5, 0.6) is 0 Å². The van der Waals surface area contributed by atoms with Crippen LogP contribution in [0.2, 0.25) is 0 Å². The fraction of sp³-hybridized carbons (Fsp3) is 0.316. The maximum absolute atomic E-state index is 4.27. The van der Waals surface area contributed by atoms with Crippen LogP contribution in [0.15, 0.2) is 35.4 Å². The van der Waals surface area contributed by atoms with E-state index in [2.05, 4.69) is 59.5 Å². The Kier molecular flexibility index (Phi) is 5.63. The van der Waals surface area contributed by atoms with E-state index in [-0.39, 0.29) is 0 Å². The number of nitrogens with zero attached hydrogens (tertiary/aromatic N) is 3. The zero-order chi connectivity index (χ0) is 16.8. The van der Waals surface area contributed by atoms with Gasteiger partial charge in [0.1, 0.15) is 0 Å². The lowest BCUT2D eigenvalue weighted by molar-refractivity contribution is 0.864. The molecule has 0 aliphatic heterocycles. The average molecular weight is 308 g/mol. The monoisotopic (exact) mass is 308 g/mol. The first-order valence-corrected chi connectivity index (χ1v) is 7.84. The van der Waals surface area contributed by atoms with Crippen molar-refractivity contribution in [3.8, 4) is 0 Å². The molecule has 0 aliphatic rings. The Morgan fingerprint density at radius 3 is 2.35 bits per heavy atom. The first-order valence-electron chi connectivity index (χ1n) is 7.84. The molecule has 2 rings (SSSR count). The predicted molar refractivity (Wildman–Crippen MR) is 97.9 cm³/mol. The average Bonchev–Trinajstić information content (AvgIpc) is 2.47. The van der Waals surface area contributed by atoms with Crippen molar-refractivity contribution in [1.82, 2.24) is 9.97 Å². The fourth-order valence-corrected chi connectivity index (χ4v) is 2.31. The molecule has 1 aromatic carbocycles. The Morgan fingerprint density at radius 1 is 1.04 bits per heavy atom. The molecule has 1 aromatic heterocycles. The molecule has 0 spiro atoms. The summed E-state index contributed by atoms with van der Waals surface area (Å²) in [6, 6.07) is 8.49. The van der Waals surface area contributed by atoms with Gasteiger partial charge in [0.2, 0.25) is 5.95 Å². The first kappa shape index (κ1) is 16.9. The summed E-state index contributed by atoms with van der Waals surface area (Å²) in [4.78, 5) is 8.54. The number of allylic oxidation sites excluding steroid dienone is 1. The van der Waals surface area contributed by atoms with Gasteiger partial charge in [0, 0.05) is 17.6 Å². The predicted octanol–water partition coefficient (Wildman–Crippen LogP) is 4.64. The van der Waals surface area contributed by atoms with Gasteiger partial charge in [0.25, 0.3) is 0 Å². The van der Waals surface area contributed by atoms with Crippen molar-refractivity contribution < 1.29 is 0 Å². The third-order valence-electron chi connectivity index (χ3n) is 3.54. The van der Waals surface area contributed by atoms with E-state index in [1.807, 2.05) is 32.1 Å². The van der Waals surface area contributed by atoms with Gasteiger partial charge in [-0.3, -0.25) is 0 Å². The van der Waals surface area contributed by atoms with E-state index in [0.29, 0.717) is 11.9 Å². The standard InChI is InChI=1S/C19H24N4/c1-13(2)18-9-8-17(14(3)11-18)7-6-10-20-23-19-21-15(4)12-16(5)22-19/h6-13H,1-5H3,(H,21,22,23). The number of nitrogens with one attached hydrogen (secondary N) is 1. The van der Waals surface area contributed by atoms with Gasteiger partial charge in [-0.1, -0.05) is 38.1 Å². The number of hydrogen-bond acceptors (Lipinski definition) is 4. The molecule has 0 unspecified atom stereocenters. The van der Waals surface area contributed by atoms with Gasteiger partial charge in [-0.25, -0.2) is 15.4 Å². The molecule has 0 atom stereocenters. The molecule has 120 valence electrons. The van der Waals surface area contributed by atoms with E-state index in [1.54, 1.807) is 6.21 Å². The van der Waals surface area contributed by atoms with Crippen LogP contribution in [0.25, 0.3) is 6.08 Å². The minimum absolute atomic E-state index is 0.518. The maximum Gasteiger partial charge on any atom is 0.243 e. The molecule has 0 aliphatic carbocycles. The molecule has 0 fully saturated rings. The molecule has 2 aromatic rings. The summed E-state index contributed by atoms with van der Waals surface area (Å²) >= 11 is 0. The van der Waals surface area contributed by atoms with Gasteiger partial charge in [0.05, 0.1) is 0 Å². The zero-order valence-electron chi connectivity index (χ0n) is 14.5. The van der Waals surface area contributed by atoms with Gasteiger partial charge < -0.3 is 0 Å². The fourth-order valence-electron chi connectivity index (χ4n) is 2.31. The molecule has 0 bridgehead atoms. The van der Waals surface area contributed by atoms with Crippen LogP contribution in [-0.2, 0) is 0 Å². The summed E-state index contributed by atoms with van der Waals surface area (Å²) in [5.41, 5.74) is 8.52. The number of aryl methyl sites for hydroxylation is 3. The van der Waals surface area contributed by atoms with E-state index >= 15 is 0 Å². The number of aromatic nitrogens is 2. The van der Waals surface area contributed by atoms with Gasteiger partial charge in [-0.2, -0.15) is 5.10 Å². The van der Waals surface area contributed by atoms with Crippen molar-refractivity contribution in [3.05, 3.63) is 58.4 Å². The molecule has 4 heteroatoms. The number of hydrazone groups is 1. The van der Waals surface area contributed by atoms with Crippen LogP contribution >= 0.6 is 0 Å². The molecule has 0 amide bonds. The molecule has 0 radical (unpaired) electrons. The Morgan fingerprint density at radius 2 is 1.74 bits per heavy atom. The minimum atomic E-state index is 0.518. The third kappa shape index (κ3) is 5.02. The van der Waals surface area contributed by atoms with Crippen molar-refractivity contribution in [2.75, 3.05) is 5.43 Å². The molecule has 23 heavy (non-hydrogen) atoms. The van der Waals surface area contributed by atoms with Crippen molar-refractivity contribution in [1.29, 1.82) is 0 Å². The van der Waals surface area contributed by atoms with Gasteiger partial charge in [-0.15, -0.1) is 0 Å². The van der Waals surface area contributed by atoms with E-state index < -0.39 is 0 Å². The highest BCUT2D eigenvalue weighted by atomic mass is 15.3. The smallest absolute Gasteiger partial charge is 0.243 e. The number of rotatable bonds is 5. The topological polar surface area (TPSA) is 50.2 Å². The normalized spacial score (nSPS) is 11.7. The zero-order valence-corrected chi connectivity index (χ0v) is 14.5. The van der Waals surface area contributed by atoms with Gasteiger partial charge >= 0.3 is 0 Å². The summed E-state index contributed by atoms with van der Waals surface area (Å²) in [7, 11) is 0. The van der Waals surface area contributed by atoms with E-state index in [4.69, 9.17) is 0 Å². The van der Waals surface area contributed by atoms with E-state index in [0.717, 1.165) is 11.4 Å². The molecule has 0 saturated carbocycles. The number of anilines is 1. The molecule has 1 heterocycles. The van der Waals surface area contributed by atoms with Crippen molar-refractivity contribution in [2.45, 2.75) is 40.5 Å². The first-order chi connectivity index (χ1) is 11.0. The Bertz CT molecular complexity index is 710. The van der Waals surface area contributed by atoms with E-state index in [9.17, 15) is 0 Å². The SMILES string of the molecule is Cc1cc(C)nc(NN=CC=Cc2ccc(C(C)C)cc2C)n1. The molecule has 1 N–H and O–H groups in total. The lowest BCUT2D eigenvalue weighted by atomic mass is 9.98. The van der Waals surface area contributed by atoms with Gasteiger partial charge in [-0.05, 0) is 55.5 Å². The van der Waals surface area contributed by atoms with Crippen molar-refractivity contribution in [3.63, 3.8) is 0 Å². The lowest BCUT2D eigenvalue weighted by Crippen LogP contribution is -1.98. The van der Waals surface area contributed by atoms with Crippen LogP contribution in [0.1, 0.15) is 47.8 Å². The molecule has 4 nitrogen and oxygen atoms in total. The summed E-state index contributed by atoms with van der Waals surface area (Å²) in [5, 5.41) is 4.13. The second-order valence-corrected chi connectivity index (χ2v) is 5.99. The van der Waals surface area contributed by atoms with Crippen LogP contribution in [0, 0.1) is 20.8 Å². The summed E-state index contributed by atoms with van der Waals surface area (Å²) in [6.07, 6.45) is 5.66. The summed E-state index contributed by atoms with van der Waals surface area (Å²) < 4.78 is 0. The maximum atomic E-state index is 4.27. The number of benzene rings is 1. The Balaban J connectivity index is 1.98. The van der Waals surface area contributed by atoms with E-state index in [1.165, 1.54) is 16.7 Å². The summed E-state index contributed by atoms with van der Waals surface area (Å²) in [6.45, 7) is 10.4. The number of hydrogen-bond donors (Lipinski definition) is 1. The van der Waals surface area contributed by atoms with Crippen LogP contribution in [-0.4, -0.2) is 16.2 Å². The second-order valence-electron chi connectivity index (χ2n) is 5.99.